The zero-order valence-corrected chi connectivity index (χ0v) is 69.9. The van der Waals surface area contributed by atoms with Gasteiger partial charge in [-0.25, -0.2) is 13.2 Å². The lowest BCUT2D eigenvalue weighted by molar-refractivity contribution is -0.126. The maximum atomic E-state index is 15.8. The lowest BCUT2D eigenvalue weighted by atomic mass is 9.62. The second kappa shape index (κ2) is 33.3. The monoisotopic (exact) mass is 1680 g/mol. The number of halogens is 9. The van der Waals surface area contributed by atoms with Gasteiger partial charge in [0.1, 0.15) is 33.7 Å². The number of aliphatic hydroxyl groups excluding tert-OH is 3. The summed E-state index contributed by atoms with van der Waals surface area (Å²) in [6.07, 6.45) is 8.25. The molecule has 3 spiro atoms. The summed E-state index contributed by atoms with van der Waals surface area (Å²) in [6, 6.07) is 25.5. The number of carbonyl (C=O) groups excluding carboxylic acids is 6. The fraction of sp³-hybridized carbons (Fsp3) is 0.517. The first-order valence-corrected chi connectivity index (χ1v) is 41.9. The lowest BCUT2D eigenvalue weighted by Crippen LogP contribution is -2.50. The van der Waals surface area contributed by atoms with Crippen LogP contribution in [0, 0.1) is 33.7 Å². The summed E-state index contributed by atoms with van der Waals surface area (Å²) in [5, 5.41) is 59.8. The molecular formula is C87H102Cl6F3N9O9. The van der Waals surface area contributed by atoms with Crippen molar-refractivity contribution in [2.24, 2.45) is 16.2 Å². The van der Waals surface area contributed by atoms with Gasteiger partial charge in [-0.1, -0.05) is 187 Å². The molecule has 6 aromatic carbocycles. The molecule has 18 nitrogen and oxygen atoms in total. The van der Waals surface area contributed by atoms with Crippen LogP contribution in [0.1, 0.15) is 210 Å². The average molecular weight is 1690 g/mol. The highest BCUT2D eigenvalue weighted by Crippen LogP contribution is 2.61. The lowest BCUT2D eigenvalue weighted by Gasteiger charge is -2.38. The molecule has 3 saturated heterocycles. The maximum absolute atomic E-state index is 15.8. The van der Waals surface area contributed by atoms with Crippen molar-refractivity contribution in [3.63, 3.8) is 0 Å². The number of hydrogen-bond donors (Lipinski definition) is 12. The summed E-state index contributed by atoms with van der Waals surface area (Å²) in [6.45, 7) is 18.7. The first kappa shape index (κ1) is 85.3. The van der Waals surface area contributed by atoms with Gasteiger partial charge >= 0.3 is 0 Å². The molecule has 0 radical (unpaired) electrons. The van der Waals surface area contributed by atoms with Crippen LogP contribution in [0.2, 0.25) is 30.1 Å². The van der Waals surface area contributed by atoms with E-state index in [2.05, 4.69) is 110 Å². The number of benzene rings is 6. The van der Waals surface area contributed by atoms with Crippen molar-refractivity contribution in [1.29, 1.82) is 0 Å². The molecule has 6 fully saturated rings. The molecule has 15 rings (SSSR count). The van der Waals surface area contributed by atoms with Gasteiger partial charge in [-0.05, 0) is 201 Å². The fourth-order valence-electron chi connectivity index (χ4n) is 20.0. The minimum Gasteiger partial charge on any atom is -0.393 e. The van der Waals surface area contributed by atoms with Crippen molar-refractivity contribution < 1.29 is 57.3 Å². The van der Waals surface area contributed by atoms with Crippen molar-refractivity contribution in [2.45, 2.75) is 265 Å². The number of anilines is 3. The summed E-state index contributed by atoms with van der Waals surface area (Å²) in [7, 11) is 0. The van der Waals surface area contributed by atoms with Gasteiger partial charge < -0.3 is 63.2 Å². The first-order valence-electron chi connectivity index (χ1n) is 39.6. The number of amides is 6. The molecule has 612 valence electrons. The van der Waals surface area contributed by atoms with Crippen LogP contribution in [0.4, 0.5) is 30.2 Å². The molecule has 6 heterocycles. The minimum absolute atomic E-state index is 0.0629. The molecular weight excluding hydrogens is 1580 g/mol. The van der Waals surface area contributed by atoms with Gasteiger partial charge in [0, 0.05) is 86.1 Å². The highest BCUT2D eigenvalue weighted by atomic mass is 35.5. The third kappa shape index (κ3) is 16.6. The molecule has 114 heavy (non-hydrogen) atoms. The summed E-state index contributed by atoms with van der Waals surface area (Å²) < 4.78 is 47.4. The topological polar surface area (TPSA) is 271 Å². The zero-order chi connectivity index (χ0) is 82.2. The van der Waals surface area contributed by atoms with Gasteiger partial charge in [-0.3, -0.25) is 28.8 Å². The second-order valence-corrected chi connectivity index (χ2v) is 38.9. The van der Waals surface area contributed by atoms with E-state index in [9.17, 15) is 44.1 Å². The third-order valence-electron chi connectivity index (χ3n) is 24.8. The standard InChI is InChI=1S/3C29H34Cl2FN3O3/c3*1-28(2,3)14-22-29(19-12-7-15(30)13-21(19)34-27(29)38)23(18-5-4-6-20(31)24(18)32)25(35-22)26(37)33-16-8-10-17(36)11-9-16/h3*4-7,12-13,16-17,22-23,25,35-36H,8-11,14H2,1-3H3,(H,33,37)(H,34,38)/t3*16?,17?,22-,23-,25+,29+/m000/s1. The van der Waals surface area contributed by atoms with Gasteiger partial charge in [0.15, 0.2) is 0 Å². The van der Waals surface area contributed by atoms with E-state index in [4.69, 9.17) is 69.6 Å². The molecule has 27 heteroatoms. The normalized spacial score (nSPS) is 30.8. The quantitative estimate of drug-likeness (QED) is 0.0545. The minimum atomic E-state index is -1.27. The van der Waals surface area contributed by atoms with E-state index >= 15 is 13.2 Å². The molecule has 9 aliphatic rings. The predicted octanol–water partition coefficient (Wildman–Crippen LogP) is 15.9. The number of hydrogen-bond acceptors (Lipinski definition) is 12. The van der Waals surface area contributed by atoms with Crippen LogP contribution >= 0.6 is 69.6 Å². The van der Waals surface area contributed by atoms with Crippen molar-refractivity contribution >= 4 is 122 Å². The number of carbonyl (C=O) groups is 6. The largest absolute Gasteiger partial charge is 0.393 e. The Labute approximate surface area is 694 Å². The van der Waals surface area contributed by atoms with Crippen molar-refractivity contribution in [3.8, 4) is 0 Å². The van der Waals surface area contributed by atoms with E-state index in [1.54, 1.807) is 72.8 Å². The van der Waals surface area contributed by atoms with E-state index < -0.39 is 87.7 Å². The number of nitrogens with one attached hydrogen (secondary N) is 9. The smallest absolute Gasteiger partial charge is 0.238 e. The number of fused-ring (bicyclic) bond motifs is 6. The zero-order valence-electron chi connectivity index (χ0n) is 65.4. The molecule has 6 aliphatic heterocycles. The molecule has 0 aromatic heterocycles. The van der Waals surface area contributed by atoms with E-state index in [0.29, 0.717) is 145 Å². The highest BCUT2D eigenvalue weighted by molar-refractivity contribution is 6.33. The molecule has 12 atom stereocenters. The Morgan fingerprint density at radius 2 is 0.623 bits per heavy atom. The van der Waals surface area contributed by atoms with E-state index in [1.807, 2.05) is 18.2 Å². The summed E-state index contributed by atoms with van der Waals surface area (Å²) in [4.78, 5) is 84.2. The maximum Gasteiger partial charge on any atom is 0.238 e. The first-order chi connectivity index (χ1) is 53.7. The molecule has 0 bridgehead atoms. The van der Waals surface area contributed by atoms with Crippen molar-refractivity contribution in [3.05, 3.63) is 190 Å². The van der Waals surface area contributed by atoms with Crippen LogP contribution in [-0.2, 0) is 45.0 Å². The Bertz CT molecular complexity index is 4230. The Kier molecular flexibility index (Phi) is 24.9. The van der Waals surface area contributed by atoms with Gasteiger partial charge in [0.2, 0.25) is 35.4 Å². The molecule has 12 N–H and O–H groups in total. The van der Waals surface area contributed by atoms with Gasteiger partial charge in [-0.2, -0.15) is 0 Å². The van der Waals surface area contributed by atoms with Crippen LogP contribution in [0.15, 0.2) is 109 Å². The highest BCUT2D eigenvalue weighted by Gasteiger charge is 2.70. The average Bonchev–Trinajstić information content (AvgIpc) is 1.54. The van der Waals surface area contributed by atoms with Gasteiger partial charge in [-0.15, -0.1) is 0 Å². The number of aliphatic hydroxyl groups is 3. The van der Waals surface area contributed by atoms with E-state index in [0.717, 1.165) is 0 Å². The second-order valence-electron chi connectivity index (χ2n) is 36.3. The van der Waals surface area contributed by atoms with Gasteiger partial charge in [0.25, 0.3) is 0 Å². The summed E-state index contributed by atoms with van der Waals surface area (Å²) in [5.41, 5.74) is -0.00833. The van der Waals surface area contributed by atoms with Crippen molar-refractivity contribution in [2.75, 3.05) is 16.0 Å². The van der Waals surface area contributed by atoms with Crippen LogP contribution in [0.5, 0.6) is 0 Å². The third-order valence-corrected chi connectivity index (χ3v) is 26.4. The van der Waals surface area contributed by atoms with Crippen LogP contribution in [0.25, 0.3) is 0 Å². The van der Waals surface area contributed by atoms with Crippen LogP contribution < -0.4 is 47.9 Å². The molecule has 6 amide bonds. The van der Waals surface area contributed by atoms with Crippen molar-refractivity contribution in [1.82, 2.24) is 31.9 Å². The summed E-state index contributed by atoms with van der Waals surface area (Å²) in [5.74, 6) is -6.27. The number of rotatable bonds is 12. The SMILES string of the molecule is CC(C)(C)C[C@@H]1N[C@@H](C(=O)NC2CCC(O)CC2)[C@H](c2cccc(Cl)c2F)[C@]12C(=O)Nc1cc(Cl)ccc12.CC(C)(C)C[C@@H]1N[C@@H](C(=O)NC2CCC(O)CC2)[C@H](c2cccc(Cl)c2F)[C@]12C(=O)Nc1cc(Cl)ccc12.CC(C)(C)C[C@@H]1N[C@@H](C(=O)NC2CCC(O)CC2)[C@H](c2cccc(Cl)c2F)[C@]12C(=O)Nc1cc(Cl)ccc12. The molecule has 3 aliphatic carbocycles. The molecule has 6 aromatic rings. The Morgan fingerprint density at radius 3 is 0.851 bits per heavy atom. The Hall–Kier alpha value is -6.57. The molecule has 3 saturated carbocycles. The van der Waals surface area contributed by atoms with E-state index in [1.165, 1.54) is 18.2 Å². The van der Waals surface area contributed by atoms with Crippen LogP contribution in [0.3, 0.4) is 0 Å². The molecule has 0 unspecified atom stereocenters. The Balaban J connectivity index is 0.000000149. The van der Waals surface area contributed by atoms with E-state index in [-0.39, 0.29) is 120 Å². The Morgan fingerprint density at radius 1 is 0.386 bits per heavy atom. The fourth-order valence-corrected chi connectivity index (χ4v) is 21.1. The summed E-state index contributed by atoms with van der Waals surface area (Å²) >= 11 is 37.6. The van der Waals surface area contributed by atoms with Crippen LogP contribution in [-0.4, -0.2) is 123 Å². The predicted molar refractivity (Wildman–Crippen MR) is 441 cm³/mol. The van der Waals surface area contributed by atoms with Gasteiger partial charge in [0.05, 0.1) is 51.5 Å².